The quantitative estimate of drug-likeness (QED) is 0.406. The molecule has 0 aliphatic carbocycles. The molecule has 0 unspecified atom stereocenters. The lowest BCUT2D eigenvalue weighted by Crippen LogP contribution is -2.04. The van der Waals surface area contributed by atoms with E-state index in [1.807, 2.05) is 6.07 Å². The van der Waals surface area contributed by atoms with Crippen molar-refractivity contribution in [3.05, 3.63) is 74.6 Å². The van der Waals surface area contributed by atoms with E-state index in [-0.39, 0.29) is 12.3 Å². The maximum absolute atomic E-state index is 12.2. The van der Waals surface area contributed by atoms with E-state index in [1.54, 1.807) is 36.4 Å². The van der Waals surface area contributed by atoms with Gasteiger partial charge in [0.1, 0.15) is 11.5 Å². The molecule has 3 rings (SSSR count). The fourth-order valence-electron chi connectivity index (χ4n) is 2.21. The Bertz CT molecular complexity index is 988. The first-order valence-electron chi connectivity index (χ1n) is 6.91. The van der Waals surface area contributed by atoms with Crippen LogP contribution in [0.15, 0.2) is 48.5 Å². The molecule has 0 fully saturated rings. The van der Waals surface area contributed by atoms with Gasteiger partial charge in [0.2, 0.25) is 0 Å². The third-order valence-corrected chi connectivity index (χ3v) is 4.50. The average Bonchev–Trinajstić information content (AvgIpc) is 3.03. The number of non-ortho nitro benzene ring substituents is 1. The van der Waals surface area contributed by atoms with Gasteiger partial charge in [0.15, 0.2) is 0 Å². The lowest BCUT2D eigenvalue weighted by Gasteiger charge is -2.04. The van der Waals surface area contributed by atoms with Gasteiger partial charge in [0.05, 0.1) is 16.6 Å². The SMILES string of the molecule is N#Cc1ccccc1COC(=O)c1cc2cc([N+](=O)[O-])ccc2s1. The van der Waals surface area contributed by atoms with E-state index in [0.29, 0.717) is 21.4 Å². The van der Waals surface area contributed by atoms with E-state index < -0.39 is 10.9 Å². The number of nitriles is 1. The summed E-state index contributed by atoms with van der Waals surface area (Å²) in [6, 6.07) is 14.9. The Morgan fingerprint density at radius 3 is 2.79 bits per heavy atom. The molecule has 0 aliphatic rings. The number of hydrogen-bond donors (Lipinski definition) is 0. The maximum Gasteiger partial charge on any atom is 0.348 e. The van der Waals surface area contributed by atoms with Crippen LogP contribution < -0.4 is 0 Å². The highest BCUT2D eigenvalue weighted by Gasteiger charge is 2.15. The molecule has 0 saturated carbocycles. The molecule has 0 radical (unpaired) electrons. The van der Waals surface area contributed by atoms with Gasteiger partial charge >= 0.3 is 5.97 Å². The van der Waals surface area contributed by atoms with Crippen molar-refractivity contribution in [3.8, 4) is 6.07 Å². The summed E-state index contributed by atoms with van der Waals surface area (Å²) in [4.78, 5) is 22.9. The van der Waals surface area contributed by atoms with Gasteiger partial charge < -0.3 is 4.74 Å². The maximum atomic E-state index is 12.2. The summed E-state index contributed by atoms with van der Waals surface area (Å²) in [5.74, 6) is -0.522. The van der Waals surface area contributed by atoms with Crippen molar-refractivity contribution in [2.24, 2.45) is 0 Å². The number of carbonyl (C=O) groups is 1. The average molecular weight is 338 g/mol. The molecule has 0 saturated heterocycles. The highest BCUT2D eigenvalue weighted by molar-refractivity contribution is 7.20. The Morgan fingerprint density at radius 2 is 2.04 bits per heavy atom. The van der Waals surface area contributed by atoms with Crippen molar-refractivity contribution < 1.29 is 14.5 Å². The number of esters is 1. The second-order valence-corrected chi connectivity index (χ2v) is 6.02. The van der Waals surface area contributed by atoms with Gasteiger partial charge in [-0.3, -0.25) is 10.1 Å². The van der Waals surface area contributed by atoms with Crippen LogP contribution in [0, 0.1) is 21.4 Å². The van der Waals surface area contributed by atoms with Crippen LogP contribution in [-0.2, 0) is 11.3 Å². The minimum Gasteiger partial charge on any atom is -0.457 e. The van der Waals surface area contributed by atoms with E-state index in [0.717, 1.165) is 4.70 Å². The largest absolute Gasteiger partial charge is 0.457 e. The number of carbonyl (C=O) groups excluding carboxylic acids is 1. The Kier molecular flexibility index (Phi) is 4.22. The van der Waals surface area contributed by atoms with Crippen LogP contribution in [0.2, 0.25) is 0 Å². The number of nitrogens with zero attached hydrogens (tertiary/aromatic N) is 2. The molecule has 0 amide bonds. The van der Waals surface area contributed by atoms with Crippen molar-refractivity contribution in [1.29, 1.82) is 5.26 Å². The van der Waals surface area contributed by atoms with Gasteiger partial charge in [0, 0.05) is 27.8 Å². The summed E-state index contributed by atoms with van der Waals surface area (Å²) in [6.45, 7) is -0.00302. The number of ether oxygens (including phenoxy) is 1. The number of nitro benzene ring substituents is 1. The molecule has 6 nitrogen and oxygen atoms in total. The molecule has 1 heterocycles. The van der Waals surface area contributed by atoms with Crippen LogP contribution in [0.25, 0.3) is 10.1 Å². The zero-order chi connectivity index (χ0) is 17.1. The summed E-state index contributed by atoms with van der Waals surface area (Å²) in [5, 5.41) is 20.4. The van der Waals surface area contributed by atoms with Crippen molar-refractivity contribution >= 4 is 33.1 Å². The van der Waals surface area contributed by atoms with Crippen LogP contribution in [0.1, 0.15) is 20.8 Å². The highest BCUT2D eigenvalue weighted by Crippen LogP contribution is 2.29. The van der Waals surface area contributed by atoms with Crippen LogP contribution in [-0.4, -0.2) is 10.9 Å². The predicted molar refractivity (Wildman–Crippen MR) is 88.8 cm³/mol. The van der Waals surface area contributed by atoms with Gasteiger partial charge in [-0.2, -0.15) is 5.26 Å². The first-order chi connectivity index (χ1) is 11.6. The number of benzene rings is 2. The summed E-state index contributed by atoms with van der Waals surface area (Å²) in [6.07, 6.45) is 0. The van der Waals surface area contributed by atoms with Crippen LogP contribution in [0.5, 0.6) is 0 Å². The molecule has 7 heteroatoms. The van der Waals surface area contributed by atoms with Crippen molar-refractivity contribution in [2.45, 2.75) is 6.61 Å². The van der Waals surface area contributed by atoms with Gasteiger partial charge in [0.25, 0.3) is 5.69 Å². The van der Waals surface area contributed by atoms with Gasteiger partial charge in [-0.05, 0) is 18.2 Å². The lowest BCUT2D eigenvalue weighted by molar-refractivity contribution is -0.384. The molecule has 3 aromatic rings. The van der Waals surface area contributed by atoms with E-state index in [4.69, 9.17) is 10.00 Å². The molecule has 0 atom stereocenters. The Balaban J connectivity index is 1.79. The van der Waals surface area contributed by atoms with Gasteiger partial charge in [-0.15, -0.1) is 11.3 Å². The van der Waals surface area contributed by atoms with E-state index in [2.05, 4.69) is 0 Å². The van der Waals surface area contributed by atoms with Crippen LogP contribution in [0.4, 0.5) is 5.69 Å². The van der Waals surface area contributed by atoms with Crippen LogP contribution in [0.3, 0.4) is 0 Å². The summed E-state index contributed by atoms with van der Waals surface area (Å²) in [5.41, 5.74) is 1.06. The molecule has 118 valence electrons. The first kappa shape index (κ1) is 15.6. The van der Waals surface area contributed by atoms with E-state index in [9.17, 15) is 14.9 Å². The fourth-order valence-corrected chi connectivity index (χ4v) is 3.15. The van der Waals surface area contributed by atoms with Gasteiger partial charge in [-0.1, -0.05) is 18.2 Å². The second kappa shape index (κ2) is 6.48. The van der Waals surface area contributed by atoms with Crippen molar-refractivity contribution in [1.82, 2.24) is 0 Å². The monoisotopic (exact) mass is 338 g/mol. The Morgan fingerprint density at radius 1 is 1.25 bits per heavy atom. The Hall–Kier alpha value is -3.24. The lowest BCUT2D eigenvalue weighted by atomic mass is 10.1. The molecule has 2 aromatic carbocycles. The van der Waals surface area contributed by atoms with Crippen molar-refractivity contribution in [3.63, 3.8) is 0 Å². The zero-order valence-electron chi connectivity index (χ0n) is 12.3. The van der Waals surface area contributed by atoms with E-state index in [1.165, 1.54) is 23.5 Å². The molecule has 0 spiro atoms. The minimum atomic E-state index is -0.522. The number of fused-ring (bicyclic) bond motifs is 1. The minimum absolute atomic E-state index is 0.00302. The second-order valence-electron chi connectivity index (χ2n) is 4.93. The number of hydrogen-bond acceptors (Lipinski definition) is 6. The molecule has 0 aliphatic heterocycles. The summed E-state index contributed by atoms with van der Waals surface area (Å²) in [7, 11) is 0. The molecular formula is C17H10N2O4S. The van der Waals surface area contributed by atoms with E-state index >= 15 is 0 Å². The predicted octanol–water partition coefficient (Wildman–Crippen LogP) is 4.04. The highest BCUT2D eigenvalue weighted by atomic mass is 32.1. The third kappa shape index (κ3) is 3.09. The number of rotatable bonds is 4. The van der Waals surface area contributed by atoms with Crippen molar-refractivity contribution in [2.75, 3.05) is 0 Å². The first-order valence-corrected chi connectivity index (χ1v) is 7.73. The summed E-state index contributed by atoms with van der Waals surface area (Å²) < 4.78 is 6.02. The topological polar surface area (TPSA) is 93.2 Å². The van der Waals surface area contributed by atoms with Gasteiger partial charge in [-0.25, -0.2) is 4.79 Å². The smallest absolute Gasteiger partial charge is 0.348 e. The molecule has 24 heavy (non-hydrogen) atoms. The number of thiophene rings is 1. The zero-order valence-corrected chi connectivity index (χ0v) is 13.1. The fraction of sp³-hybridized carbons (Fsp3) is 0.0588. The molecule has 0 N–H and O–H groups in total. The molecule has 1 aromatic heterocycles. The third-order valence-electron chi connectivity index (χ3n) is 3.41. The summed E-state index contributed by atoms with van der Waals surface area (Å²) >= 11 is 1.21. The Labute approximate surface area is 140 Å². The number of nitro groups is 1. The molecular weight excluding hydrogens is 328 g/mol. The standard InChI is InChI=1S/C17H10N2O4S/c18-9-11-3-1-2-4-12(11)10-23-17(20)16-8-13-7-14(19(21)22)5-6-15(13)24-16/h1-8H,10H2. The van der Waals surface area contributed by atoms with Crippen LogP contribution >= 0.6 is 11.3 Å². The normalized spacial score (nSPS) is 10.3. The molecule has 0 bridgehead atoms.